The molecule has 0 bridgehead atoms. The van der Waals surface area contributed by atoms with Crippen LogP contribution in [0.2, 0.25) is 5.02 Å². The summed E-state index contributed by atoms with van der Waals surface area (Å²) in [6, 6.07) is 17.1. The Kier molecular flexibility index (Phi) is 3.76. The number of fused-ring (bicyclic) bond motifs is 1. The summed E-state index contributed by atoms with van der Waals surface area (Å²) in [6.45, 7) is 0. The molecule has 0 aliphatic rings. The minimum Gasteiger partial charge on any atom is -0.356 e. The normalized spacial score (nSPS) is 12.4. The van der Waals surface area contributed by atoms with Crippen molar-refractivity contribution in [1.29, 1.82) is 0 Å². The van der Waals surface area contributed by atoms with Gasteiger partial charge >= 0.3 is 0 Å². The van der Waals surface area contributed by atoms with Gasteiger partial charge in [0.15, 0.2) is 5.58 Å². The Morgan fingerprint density at radius 1 is 1.00 bits per heavy atom. The Bertz CT molecular complexity index is 981. The van der Waals surface area contributed by atoms with Crippen LogP contribution in [0.4, 0.5) is 0 Å². The van der Waals surface area contributed by atoms with E-state index >= 15 is 0 Å². The van der Waals surface area contributed by atoms with Crippen LogP contribution in [-0.4, -0.2) is 10.1 Å². The molecule has 2 aromatic heterocycles. The lowest BCUT2D eigenvalue weighted by molar-refractivity contribution is 0.442. The first-order valence-corrected chi connectivity index (χ1v) is 7.91. The van der Waals surface area contributed by atoms with Crippen molar-refractivity contribution in [2.45, 2.75) is 6.04 Å². The van der Waals surface area contributed by atoms with E-state index in [9.17, 15) is 0 Å². The van der Waals surface area contributed by atoms with Gasteiger partial charge in [0.1, 0.15) is 5.69 Å². The molecule has 24 heavy (non-hydrogen) atoms. The van der Waals surface area contributed by atoms with Crippen molar-refractivity contribution in [3.05, 3.63) is 83.3 Å². The van der Waals surface area contributed by atoms with Crippen molar-refractivity contribution in [1.82, 2.24) is 10.1 Å². The summed E-state index contributed by atoms with van der Waals surface area (Å²) in [5.41, 5.74) is 10.7. The van der Waals surface area contributed by atoms with Crippen molar-refractivity contribution in [2.24, 2.45) is 5.73 Å². The highest BCUT2D eigenvalue weighted by Crippen LogP contribution is 2.30. The lowest BCUT2D eigenvalue weighted by Crippen LogP contribution is -2.12. The Hall–Kier alpha value is -2.69. The molecule has 2 aromatic carbocycles. The summed E-state index contributed by atoms with van der Waals surface area (Å²) in [5, 5.41) is 5.79. The van der Waals surface area contributed by atoms with Gasteiger partial charge in [-0.05, 0) is 47.0 Å². The molecule has 0 spiro atoms. The molecule has 2 heterocycles. The van der Waals surface area contributed by atoms with E-state index in [1.165, 1.54) is 0 Å². The van der Waals surface area contributed by atoms with Crippen LogP contribution in [-0.2, 0) is 0 Å². The fourth-order valence-electron chi connectivity index (χ4n) is 2.72. The molecule has 0 aliphatic carbocycles. The smallest absolute Gasteiger partial charge is 0.167 e. The highest BCUT2D eigenvalue weighted by atomic mass is 35.5. The van der Waals surface area contributed by atoms with Crippen LogP contribution < -0.4 is 5.73 Å². The van der Waals surface area contributed by atoms with E-state index in [0.29, 0.717) is 16.3 Å². The molecule has 118 valence electrons. The molecular weight excluding hydrogens is 322 g/mol. The Labute approximate surface area is 143 Å². The van der Waals surface area contributed by atoms with Crippen LogP contribution in [0, 0.1) is 0 Å². The topological polar surface area (TPSA) is 64.9 Å². The van der Waals surface area contributed by atoms with E-state index in [4.69, 9.17) is 21.9 Å². The van der Waals surface area contributed by atoms with Crippen LogP contribution >= 0.6 is 11.6 Å². The molecule has 0 saturated carbocycles. The zero-order chi connectivity index (χ0) is 16.5. The number of rotatable bonds is 3. The molecular formula is C19H14ClN3O. The van der Waals surface area contributed by atoms with Gasteiger partial charge in [0.2, 0.25) is 0 Å². The third-order valence-electron chi connectivity index (χ3n) is 4.02. The van der Waals surface area contributed by atoms with Gasteiger partial charge in [-0.3, -0.25) is 4.98 Å². The van der Waals surface area contributed by atoms with Gasteiger partial charge in [-0.15, -0.1) is 0 Å². The summed E-state index contributed by atoms with van der Waals surface area (Å²) in [6.07, 6.45) is 3.46. The number of halogens is 1. The average molecular weight is 336 g/mol. The van der Waals surface area contributed by atoms with Crippen LogP contribution in [0.25, 0.3) is 22.1 Å². The van der Waals surface area contributed by atoms with Crippen molar-refractivity contribution in [3.8, 4) is 11.1 Å². The van der Waals surface area contributed by atoms with Crippen molar-refractivity contribution in [2.75, 3.05) is 0 Å². The quantitative estimate of drug-likeness (QED) is 0.594. The van der Waals surface area contributed by atoms with Gasteiger partial charge in [-0.2, -0.15) is 0 Å². The van der Waals surface area contributed by atoms with Crippen molar-refractivity contribution in [3.63, 3.8) is 0 Å². The van der Waals surface area contributed by atoms with E-state index in [0.717, 1.165) is 22.1 Å². The first kappa shape index (κ1) is 14.9. The zero-order valence-corrected chi connectivity index (χ0v) is 13.4. The molecule has 0 fully saturated rings. The van der Waals surface area contributed by atoms with E-state index in [1.807, 2.05) is 54.6 Å². The SMILES string of the molecule is NC(c1cccnc1)c1noc2cc(-c3ccc(Cl)cc3)ccc12. The van der Waals surface area contributed by atoms with Gasteiger partial charge in [-0.25, -0.2) is 0 Å². The molecule has 0 saturated heterocycles. The minimum absolute atomic E-state index is 0.374. The first-order chi connectivity index (χ1) is 11.7. The summed E-state index contributed by atoms with van der Waals surface area (Å²) in [5.74, 6) is 0. The predicted octanol–water partition coefficient (Wildman–Crippen LogP) is 4.59. The summed E-state index contributed by atoms with van der Waals surface area (Å²) in [4.78, 5) is 4.11. The third-order valence-corrected chi connectivity index (χ3v) is 4.27. The molecule has 1 atom stereocenters. The number of benzene rings is 2. The molecule has 0 radical (unpaired) electrons. The lowest BCUT2D eigenvalue weighted by atomic mass is 10.0. The number of hydrogen-bond acceptors (Lipinski definition) is 4. The van der Waals surface area contributed by atoms with Crippen LogP contribution in [0.3, 0.4) is 0 Å². The Morgan fingerprint density at radius 2 is 1.79 bits per heavy atom. The zero-order valence-electron chi connectivity index (χ0n) is 12.7. The standard InChI is InChI=1S/C19H14ClN3O/c20-15-6-3-12(4-7-15)13-5-8-16-17(10-13)24-23-19(16)18(21)14-2-1-9-22-11-14/h1-11,18H,21H2. The average Bonchev–Trinajstić information content (AvgIpc) is 3.05. The summed E-state index contributed by atoms with van der Waals surface area (Å²) >= 11 is 5.94. The second-order valence-electron chi connectivity index (χ2n) is 5.55. The second kappa shape index (κ2) is 6.07. The molecule has 0 amide bonds. The summed E-state index contributed by atoms with van der Waals surface area (Å²) < 4.78 is 5.50. The minimum atomic E-state index is -0.374. The molecule has 2 N–H and O–H groups in total. The molecule has 4 aromatic rings. The molecule has 4 nitrogen and oxygen atoms in total. The number of aromatic nitrogens is 2. The van der Waals surface area contributed by atoms with Gasteiger partial charge in [-0.1, -0.05) is 41.0 Å². The van der Waals surface area contributed by atoms with Gasteiger partial charge in [0.05, 0.1) is 6.04 Å². The van der Waals surface area contributed by atoms with Crippen LogP contribution in [0.5, 0.6) is 0 Å². The molecule has 4 rings (SSSR count). The molecule has 5 heteroatoms. The third kappa shape index (κ3) is 2.66. The maximum atomic E-state index is 6.32. The summed E-state index contributed by atoms with van der Waals surface area (Å²) in [7, 11) is 0. The first-order valence-electron chi connectivity index (χ1n) is 7.53. The maximum absolute atomic E-state index is 6.32. The molecule has 0 aliphatic heterocycles. The van der Waals surface area contributed by atoms with E-state index in [1.54, 1.807) is 12.4 Å². The fourth-order valence-corrected chi connectivity index (χ4v) is 2.85. The second-order valence-corrected chi connectivity index (χ2v) is 5.99. The highest BCUT2D eigenvalue weighted by molar-refractivity contribution is 6.30. The van der Waals surface area contributed by atoms with E-state index in [-0.39, 0.29) is 6.04 Å². The number of nitrogens with zero attached hydrogens (tertiary/aromatic N) is 2. The Morgan fingerprint density at radius 3 is 2.54 bits per heavy atom. The van der Waals surface area contributed by atoms with Crippen molar-refractivity contribution < 1.29 is 4.52 Å². The van der Waals surface area contributed by atoms with E-state index < -0.39 is 0 Å². The van der Waals surface area contributed by atoms with Crippen LogP contribution in [0.1, 0.15) is 17.3 Å². The fraction of sp³-hybridized carbons (Fsp3) is 0.0526. The molecule has 1 unspecified atom stereocenters. The van der Waals surface area contributed by atoms with Crippen LogP contribution in [0.15, 0.2) is 71.5 Å². The number of pyridine rings is 1. The maximum Gasteiger partial charge on any atom is 0.167 e. The van der Waals surface area contributed by atoms with Gasteiger partial charge in [0.25, 0.3) is 0 Å². The largest absolute Gasteiger partial charge is 0.356 e. The van der Waals surface area contributed by atoms with Gasteiger partial charge in [0, 0.05) is 22.8 Å². The van der Waals surface area contributed by atoms with Crippen molar-refractivity contribution >= 4 is 22.6 Å². The predicted molar refractivity (Wildman–Crippen MR) is 94.7 cm³/mol. The Balaban J connectivity index is 1.74. The highest BCUT2D eigenvalue weighted by Gasteiger charge is 2.18. The lowest BCUT2D eigenvalue weighted by Gasteiger charge is -2.08. The van der Waals surface area contributed by atoms with Gasteiger partial charge < -0.3 is 10.3 Å². The van der Waals surface area contributed by atoms with E-state index in [2.05, 4.69) is 10.1 Å². The number of nitrogens with two attached hydrogens (primary N) is 1. The number of hydrogen-bond donors (Lipinski definition) is 1. The monoisotopic (exact) mass is 335 g/mol.